The van der Waals surface area contributed by atoms with Crippen LogP contribution < -0.4 is 10.4 Å². The molecule has 9 rings (SSSR count). The van der Waals surface area contributed by atoms with Crippen molar-refractivity contribution in [3.8, 4) is 44.5 Å². The van der Waals surface area contributed by atoms with Gasteiger partial charge in [-0.15, -0.1) is 0 Å². The van der Waals surface area contributed by atoms with Crippen LogP contribution in [0, 0.1) is 12.3 Å². The number of nitrogens with one attached hydrogen (secondary N) is 1. The Hall–Kier alpha value is -5.23. The van der Waals surface area contributed by atoms with Gasteiger partial charge in [0.1, 0.15) is 0 Å². The number of rotatable bonds is 7. The summed E-state index contributed by atoms with van der Waals surface area (Å²) >= 11 is 0. The fourth-order valence-electron chi connectivity index (χ4n) is 10.5. The third-order valence-electron chi connectivity index (χ3n) is 14.6. The Morgan fingerprint density at radius 1 is 0.689 bits per heavy atom. The molecule has 3 aliphatic rings. The Morgan fingerprint density at radius 2 is 1.39 bits per heavy atom. The second kappa shape index (κ2) is 15.9. The van der Waals surface area contributed by atoms with Crippen LogP contribution in [0.5, 0.6) is 0 Å². The molecule has 0 aliphatic heterocycles. The third-order valence-corrected chi connectivity index (χ3v) is 15.8. The van der Waals surface area contributed by atoms with E-state index in [0.717, 1.165) is 25.7 Å². The van der Waals surface area contributed by atoms with Gasteiger partial charge in [0.2, 0.25) is 0 Å². The molecule has 6 aromatic carbocycles. The SMILES string of the molecule is C=Cc1c(-c2ccccc2C)cc2c(PNC3=CC=C(c4ccccc4)CC3)c1-c1ccc(-c3ccccc3)cc1-c1cc(C(C)(C)C)cc3c1C2CCCC3(C)C(C)(C)C. The van der Waals surface area contributed by atoms with Crippen LogP contribution in [0.4, 0.5) is 0 Å². The third kappa shape index (κ3) is 7.38. The summed E-state index contributed by atoms with van der Waals surface area (Å²) in [6, 6.07) is 46.0. The van der Waals surface area contributed by atoms with Gasteiger partial charge in [-0.2, -0.15) is 0 Å². The predicted molar refractivity (Wildman–Crippen MR) is 267 cm³/mol. The fourth-order valence-corrected chi connectivity index (χ4v) is 11.7. The topological polar surface area (TPSA) is 12.0 Å². The van der Waals surface area contributed by atoms with Gasteiger partial charge >= 0.3 is 0 Å². The van der Waals surface area contributed by atoms with Crippen molar-refractivity contribution in [2.45, 2.75) is 104 Å². The maximum absolute atomic E-state index is 4.61. The van der Waals surface area contributed by atoms with Crippen molar-refractivity contribution in [1.29, 1.82) is 0 Å². The van der Waals surface area contributed by atoms with E-state index in [9.17, 15) is 0 Å². The highest BCUT2D eigenvalue weighted by Gasteiger charge is 2.45. The molecule has 3 atom stereocenters. The highest BCUT2D eigenvalue weighted by Crippen LogP contribution is 2.57. The molecule has 0 heterocycles. The molecule has 308 valence electrons. The van der Waals surface area contributed by atoms with E-state index in [0.29, 0.717) is 8.73 Å². The molecule has 0 amide bonds. The highest BCUT2D eigenvalue weighted by atomic mass is 31.1. The molecule has 1 N–H and O–H groups in total. The summed E-state index contributed by atoms with van der Waals surface area (Å²) in [5.74, 6) is 0.228. The molecule has 0 saturated heterocycles. The minimum atomic E-state index is -0.0252. The quantitative estimate of drug-likeness (QED) is 0.158. The molecule has 0 aromatic heterocycles. The standard InChI is InChI=1S/C59H62NP/c1-10-45-50(46-25-18-17-20-38(46)2)37-52-47-26-19-33-59(9,58(6,7)8)53-36-43(57(3,4)5)35-51(54(47)53)49-34-42(40-23-15-12-16-24-40)29-32-48(49)55(45)56(52)61-60-44-30-27-41(28-31-44)39-21-13-11-14-22-39/h10-18,20-25,27,29-30,32,34-37,47,60-61H,1,19,26,28,31,33H2,2-9H3. The van der Waals surface area contributed by atoms with Gasteiger partial charge in [0.15, 0.2) is 0 Å². The number of benzene rings is 6. The lowest BCUT2D eigenvalue weighted by molar-refractivity contribution is 0.187. The Balaban J connectivity index is 1.38. The van der Waals surface area contributed by atoms with Gasteiger partial charge in [0.05, 0.1) is 0 Å². The second-order valence-electron chi connectivity index (χ2n) is 20.1. The Morgan fingerprint density at radius 3 is 2.05 bits per heavy atom. The van der Waals surface area contributed by atoms with E-state index in [-0.39, 0.29) is 22.2 Å². The molecule has 3 unspecified atom stereocenters. The zero-order chi connectivity index (χ0) is 42.7. The predicted octanol–water partition coefficient (Wildman–Crippen LogP) is 16.1. The van der Waals surface area contributed by atoms with Crippen LogP contribution in [0.25, 0.3) is 56.2 Å². The minimum absolute atomic E-state index is 0.0245. The lowest BCUT2D eigenvalue weighted by atomic mass is 9.59. The van der Waals surface area contributed by atoms with Crippen molar-refractivity contribution in [1.82, 2.24) is 5.09 Å². The van der Waals surface area contributed by atoms with Crippen LogP contribution in [0.15, 0.2) is 146 Å². The normalized spacial score (nSPS) is 18.6. The maximum Gasteiger partial charge on any atom is 0.0143 e. The van der Waals surface area contributed by atoms with E-state index in [1.165, 1.54) is 95.3 Å². The van der Waals surface area contributed by atoms with Crippen LogP contribution in [0.1, 0.15) is 125 Å². The van der Waals surface area contributed by atoms with Gasteiger partial charge in [0, 0.05) is 25.7 Å². The molecule has 61 heavy (non-hydrogen) atoms. The van der Waals surface area contributed by atoms with Crippen molar-refractivity contribution >= 4 is 25.7 Å². The van der Waals surface area contributed by atoms with Gasteiger partial charge in [-0.05, 0) is 156 Å². The zero-order valence-corrected chi connectivity index (χ0v) is 38.6. The van der Waals surface area contributed by atoms with Crippen LogP contribution in [0.3, 0.4) is 0 Å². The maximum atomic E-state index is 4.61. The number of hydrogen-bond acceptors (Lipinski definition) is 1. The zero-order valence-electron chi connectivity index (χ0n) is 37.6. The van der Waals surface area contributed by atoms with Crippen molar-refractivity contribution in [2.75, 3.05) is 0 Å². The largest absolute Gasteiger partial charge is 0.366 e. The lowest BCUT2D eigenvalue weighted by Gasteiger charge is -2.45. The number of aryl methyl sites for hydroxylation is 1. The van der Waals surface area contributed by atoms with Gasteiger partial charge in [-0.25, -0.2) is 0 Å². The van der Waals surface area contributed by atoms with Crippen LogP contribution in [-0.2, 0) is 10.8 Å². The van der Waals surface area contributed by atoms with Gasteiger partial charge in [0.25, 0.3) is 0 Å². The molecule has 0 radical (unpaired) electrons. The minimum Gasteiger partial charge on any atom is -0.366 e. The fraction of sp³-hybridized carbons (Fsp3) is 0.288. The smallest absolute Gasteiger partial charge is 0.0143 e. The summed E-state index contributed by atoms with van der Waals surface area (Å²) in [7, 11) is 0.388. The first-order valence-corrected chi connectivity index (χ1v) is 23.5. The molecule has 6 aromatic rings. The van der Waals surface area contributed by atoms with E-state index >= 15 is 0 Å². The van der Waals surface area contributed by atoms with Gasteiger partial charge in [-0.3, -0.25) is 0 Å². The van der Waals surface area contributed by atoms with Crippen molar-refractivity contribution in [3.05, 3.63) is 185 Å². The summed E-state index contributed by atoms with van der Waals surface area (Å²) in [6.07, 6.45) is 12.3. The Bertz CT molecular complexity index is 2720. The lowest BCUT2D eigenvalue weighted by Crippen LogP contribution is -2.38. The molecule has 0 saturated carbocycles. The molecule has 2 bridgehead atoms. The average molecular weight is 816 g/mol. The van der Waals surface area contributed by atoms with Crippen LogP contribution in [-0.4, -0.2) is 0 Å². The summed E-state index contributed by atoms with van der Waals surface area (Å²) < 4.78 is 0. The second-order valence-corrected chi connectivity index (χ2v) is 21.1. The number of allylic oxidation sites excluding steroid dienone is 4. The van der Waals surface area contributed by atoms with Crippen LogP contribution in [0.2, 0.25) is 0 Å². The van der Waals surface area contributed by atoms with E-state index in [1.54, 1.807) is 11.1 Å². The molecule has 2 heteroatoms. The van der Waals surface area contributed by atoms with Crippen molar-refractivity contribution in [3.63, 3.8) is 0 Å². The molecule has 3 aliphatic carbocycles. The van der Waals surface area contributed by atoms with E-state index < -0.39 is 0 Å². The molecule has 0 spiro atoms. The molecule has 1 nitrogen and oxygen atoms in total. The average Bonchev–Trinajstić information content (AvgIpc) is 3.42. The summed E-state index contributed by atoms with van der Waals surface area (Å²) in [6.45, 7) is 24.1. The summed E-state index contributed by atoms with van der Waals surface area (Å²) in [5, 5.41) is 5.52. The Kier molecular flexibility index (Phi) is 10.7. The van der Waals surface area contributed by atoms with Crippen LogP contribution >= 0.6 is 8.73 Å². The van der Waals surface area contributed by atoms with Crippen molar-refractivity contribution in [2.24, 2.45) is 5.41 Å². The molecular formula is C59H62NP. The first-order chi connectivity index (χ1) is 29.3. The first kappa shape index (κ1) is 41.1. The molecule has 0 fully saturated rings. The highest BCUT2D eigenvalue weighted by molar-refractivity contribution is 7.45. The van der Waals surface area contributed by atoms with Crippen molar-refractivity contribution < 1.29 is 0 Å². The van der Waals surface area contributed by atoms with Gasteiger partial charge in [-0.1, -0.05) is 183 Å². The Labute approximate surface area is 368 Å². The number of hydrogen-bond donors (Lipinski definition) is 1. The summed E-state index contributed by atoms with van der Waals surface area (Å²) in [5.41, 5.74) is 23.0. The van der Waals surface area contributed by atoms with Gasteiger partial charge < -0.3 is 5.09 Å². The van der Waals surface area contributed by atoms with E-state index in [4.69, 9.17) is 0 Å². The first-order valence-electron chi connectivity index (χ1n) is 22.5. The summed E-state index contributed by atoms with van der Waals surface area (Å²) in [4.78, 5) is 0. The monoisotopic (exact) mass is 815 g/mol. The molecular weight excluding hydrogens is 754 g/mol. The number of fused-ring (bicyclic) bond motifs is 6. The van der Waals surface area contributed by atoms with E-state index in [2.05, 4.69) is 207 Å². The van der Waals surface area contributed by atoms with E-state index in [1.807, 2.05) is 0 Å².